The fourth-order valence-corrected chi connectivity index (χ4v) is 3.57. The highest BCUT2D eigenvalue weighted by Crippen LogP contribution is 2.57. The van der Waals surface area contributed by atoms with Crippen molar-refractivity contribution in [1.29, 1.82) is 0 Å². The van der Waals surface area contributed by atoms with Gasteiger partial charge in [-0.1, -0.05) is 34.9 Å². The van der Waals surface area contributed by atoms with Crippen LogP contribution in [0.15, 0.2) is 47.1 Å². The Kier molecular flexibility index (Phi) is 7.26. The van der Waals surface area contributed by atoms with Gasteiger partial charge in [0.05, 0.1) is 0 Å². The lowest BCUT2D eigenvalue weighted by molar-refractivity contribution is 0.311. The Morgan fingerprint density at radius 1 is 0.697 bits per heavy atom. The molecule has 0 unspecified atom stereocenters. The number of allylic oxidation sites excluding steroid dienone is 6. The summed E-state index contributed by atoms with van der Waals surface area (Å²) in [6.45, 7) is 10.0. The molecule has 6 heteroatoms. The molecule has 0 amide bonds. The molecule has 0 radical (unpaired) electrons. The number of aromatic hydroxyl groups is 4. The molecule has 0 atom stereocenters. The molecule has 1 heterocycles. The predicted molar refractivity (Wildman–Crippen MR) is 129 cm³/mol. The average molecular weight is 453 g/mol. The summed E-state index contributed by atoms with van der Waals surface area (Å²) in [5.74, 6) is -0.515. The molecule has 1 aliphatic heterocycles. The van der Waals surface area contributed by atoms with Gasteiger partial charge in [0.25, 0.3) is 0 Å². The molecular formula is C27H32O6. The molecule has 0 bridgehead atoms. The molecule has 0 aliphatic carbocycles. The van der Waals surface area contributed by atoms with Gasteiger partial charge in [0, 0.05) is 23.3 Å². The first-order valence-electron chi connectivity index (χ1n) is 11.0. The highest BCUT2D eigenvalue weighted by atomic mass is 16.6. The molecule has 0 saturated carbocycles. The average Bonchev–Trinajstić information content (AvgIpc) is 2.72. The number of phenols is 4. The van der Waals surface area contributed by atoms with Crippen LogP contribution >= 0.6 is 0 Å². The van der Waals surface area contributed by atoms with Crippen molar-refractivity contribution in [3.8, 4) is 46.0 Å². The third kappa shape index (κ3) is 5.45. The van der Waals surface area contributed by atoms with Crippen molar-refractivity contribution < 1.29 is 29.9 Å². The summed E-state index contributed by atoms with van der Waals surface area (Å²) < 4.78 is 11.8. The fraction of sp³-hybridized carbons (Fsp3) is 0.333. The minimum absolute atomic E-state index is 0.0294. The summed E-state index contributed by atoms with van der Waals surface area (Å²) in [4.78, 5) is 0. The van der Waals surface area contributed by atoms with Gasteiger partial charge in [-0.05, 0) is 60.3 Å². The van der Waals surface area contributed by atoms with Crippen molar-refractivity contribution in [3.63, 3.8) is 0 Å². The van der Waals surface area contributed by atoms with E-state index in [9.17, 15) is 20.4 Å². The van der Waals surface area contributed by atoms with Crippen LogP contribution in [-0.2, 0) is 12.8 Å². The summed E-state index contributed by atoms with van der Waals surface area (Å²) in [5.41, 5.74) is 4.21. The van der Waals surface area contributed by atoms with E-state index in [0.717, 1.165) is 24.0 Å². The maximum atomic E-state index is 10.8. The summed E-state index contributed by atoms with van der Waals surface area (Å²) in [5, 5.41) is 42.1. The van der Waals surface area contributed by atoms with E-state index in [1.807, 2.05) is 32.9 Å². The zero-order valence-electron chi connectivity index (χ0n) is 19.8. The molecule has 0 aromatic heterocycles. The van der Waals surface area contributed by atoms with Crippen LogP contribution in [0.2, 0.25) is 0 Å². The standard InChI is InChI=1S/C27H32O6/c1-15(2)7-6-8-17(5)10-12-19-20(28)13-22(30)26-25(19)33-27-23(32-26)14-21(29)18(24(27)31)11-9-16(3)4/h7,9-10,13-14,28-31H,6,8,11-12H2,1-5H3. The van der Waals surface area contributed by atoms with Crippen LogP contribution in [0.1, 0.15) is 58.6 Å². The van der Waals surface area contributed by atoms with Crippen molar-refractivity contribution in [2.24, 2.45) is 0 Å². The molecular weight excluding hydrogens is 420 g/mol. The SMILES string of the molecule is CC(C)=CCCC(C)=CCc1c(O)cc(O)c2c1Oc1c(cc(O)c(CC=C(C)C)c1O)O2. The smallest absolute Gasteiger partial charge is 0.212 e. The molecule has 2 aromatic rings. The number of phenolic OH excluding ortho intramolecular Hbond substituents is 4. The lowest BCUT2D eigenvalue weighted by Gasteiger charge is -2.25. The van der Waals surface area contributed by atoms with Gasteiger partial charge in [0.2, 0.25) is 11.5 Å². The van der Waals surface area contributed by atoms with E-state index in [4.69, 9.17) is 9.47 Å². The molecule has 0 spiro atoms. The van der Waals surface area contributed by atoms with Crippen molar-refractivity contribution >= 4 is 0 Å². The van der Waals surface area contributed by atoms with Crippen LogP contribution in [0, 0.1) is 0 Å². The first-order chi connectivity index (χ1) is 15.6. The van der Waals surface area contributed by atoms with Crippen molar-refractivity contribution in [2.45, 2.75) is 60.3 Å². The second-order valence-electron chi connectivity index (χ2n) is 8.87. The monoisotopic (exact) mass is 452 g/mol. The van der Waals surface area contributed by atoms with Crippen molar-refractivity contribution in [3.05, 3.63) is 58.2 Å². The topological polar surface area (TPSA) is 99.4 Å². The Labute approximate surface area is 194 Å². The first kappa shape index (κ1) is 24.1. The van der Waals surface area contributed by atoms with Crippen LogP contribution in [-0.4, -0.2) is 20.4 Å². The third-order valence-corrected chi connectivity index (χ3v) is 5.47. The Balaban J connectivity index is 1.97. The van der Waals surface area contributed by atoms with Crippen molar-refractivity contribution in [1.82, 2.24) is 0 Å². The van der Waals surface area contributed by atoms with Crippen molar-refractivity contribution in [2.75, 3.05) is 0 Å². The molecule has 3 rings (SSSR count). The number of ether oxygens (including phenoxy) is 2. The highest BCUT2D eigenvalue weighted by molar-refractivity contribution is 5.71. The van der Waals surface area contributed by atoms with E-state index in [-0.39, 0.29) is 46.0 Å². The number of fused-ring (bicyclic) bond motifs is 2. The van der Waals surface area contributed by atoms with Crippen LogP contribution in [0.25, 0.3) is 0 Å². The lowest BCUT2D eigenvalue weighted by atomic mass is 10.0. The van der Waals surface area contributed by atoms with E-state index in [2.05, 4.69) is 19.9 Å². The van der Waals surface area contributed by atoms with Gasteiger partial charge in [-0.25, -0.2) is 0 Å². The zero-order valence-corrected chi connectivity index (χ0v) is 19.8. The summed E-state index contributed by atoms with van der Waals surface area (Å²) in [7, 11) is 0. The van der Waals surface area contributed by atoms with Gasteiger partial charge in [0.15, 0.2) is 23.0 Å². The van der Waals surface area contributed by atoms with Crippen LogP contribution in [0.4, 0.5) is 0 Å². The Morgan fingerprint density at radius 3 is 2.00 bits per heavy atom. The normalized spacial score (nSPS) is 12.2. The fourth-order valence-electron chi connectivity index (χ4n) is 3.57. The third-order valence-electron chi connectivity index (χ3n) is 5.47. The number of rotatable bonds is 7. The lowest BCUT2D eigenvalue weighted by Crippen LogP contribution is -2.04. The zero-order chi connectivity index (χ0) is 24.3. The number of hydrogen-bond acceptors (Lipinski definition) is 6. The quantitative estimate of drug-likeness (QED) is 0.284. The summed E-state index contributed by atoms with van der Waals surface area (Å²) in [6.07, 6.45) is 8.55. The van der Waals surface area contributed by atoms with E-state index in [1.54, 1.807) is 0 Å². The Hall–Kier alpha value is -3.54. The van der Waals surface area contributed by atoms with E-state index < -0.39 is 0 Å². The molecule has 2 aromatic carbocycles. The second kappa shape index (κ2) is 9.94. The summed E-state index contributed by atoms with van der Waals surface area (Å²) >= 11 is 0. The Bertz CT molecular complexity index is 1150. The van der Waals surface area contributed by atoms with E-state index in [0.29, 0.717) is 24.0 Å². The summed E-state index contributed by atoms with van der Waals surface area (Å²) in [6, 6.07) is 2.56. The number of benzene rings is 2. The van der Waals surface area contributed by atoms with E-state index in [1.165, 1.54) is 17.7 Å². The van der Waals surface area contributed by atoms with Crippen LogP contribution in [0.3, 0.4) is 0 Å². The molecule has 6 nitrogen and oxygen atoms in total. The molecule has 176 valence electrons. The number of hydrogen-bond donors (Lipinski definition) is 4. The molecule has 1 aliphatic rings. The molecule has 4 N–H and O–H groups in total. The maximum Gasteiger partial charge on any atom is 0.212 e. The van der Waals surface area contributed by atoms with Gasteiger partial charge in [-0.2, -0.15) is 0 Å². The Morgan fingerprint density at radius 2 is 1.33 bits per heavy atom. The van der Waals surface area contributed by atoms with Gasteiger partial charge < -0.3 is 29.9 Å². The largest absolute Gasteiger partial charge is 0.507 e. The molecule has 0 saturated heterocycles. The minimum atomic E-state index is -0.297. The maximum absolute atomic E-state index is 10.8. The molecule has 0 fully saturated rings. The van der Waals surface area contributed by atoms with Gasteiger partial charge >= 0.3 is 0 Å². The van der Waals surface area contributed by atoms with Gasteiger partial charge in [-0.3, -0.25) is 0 Å². The van der Waals surface area contributed by atoms with Gasteiger partial charge in [0.1, 0.15) is 11.5 Å². The van der Waals surface area contributed by atoms with Gasteiger partial charge in [-0.15, -0.1) is 0 Å². The molecule has 33 heavy (non-hydrogen) atoms. The highest BCUT2D eigenvalue weighted by Gasteiger charge is 2.31. The van der Waals surface area contributed by atoms with E-state index >= 15 is 0 Å². The predicted octanol–water partition coefficient (Wildman–Crippen LogP) is 7.15. The van der Waals surface area contributed by atoms with Crippen LogP contribution < -0.4 is 9.47 Å². The van der Waals surface area contributed by atoms with Crippen LogP contribution in [0.5, 0.6) is 46.0 Å². The first-order valence-corrected chi connectivity index (χ1v) is 11.0. The second-order valence-corrected chi connectivity index (χ2v) is 8.87. The minimum Gasteiger partial charge on any atom is -0.507 e.